The van der Waals surface area contributed by atoms with Gasteiger partial charge in [-0.1, -0.05) is 24.3 Å². The number of hydrogen-bond acceptors (Lipinski definition) is 4. The second kappa shape index (κ2) is 5.75. The van der Waals surface area contributed by atoms with Crippen molar-refractivity contribution >= 4 is 5.82 Å². The average Bonchev–Trinajstić information content (AvgIpc) is 2.44. The first kappa shape index (κ1) is 13.4. The summed E-state index contributed by atoms with van der Waals surface area (Å²) < 4.78 is 13.8. The lowest BCUT2D eigenvalue weighted by Gasteiger charge is -2.16. The van der Waals surface area contributed by atoms with E-state index in [0.29, 0.717) is 12.2 Å². The van der Waals surface area contributed by atoms with E-state index in [4.69, 9.17) is 5.73 Å². The molecule has 4 nitrogen and oxygen atoms in total. The van der Waals surface area contributed by atoms with Crippen molar-refractivity contribution in [2.24, 2.45) is 5.73 Å². The Morgan fingerprint density at radius 3 is 2.58 bits per heavy atom. The highest BCUT2D eigenvalue weighted by molar-refractivity contribution is 5.40. The molecule has 1 aromatic heterocycles. The maximum absolute atomic E-state index is 13.8. The van der Waals surface area contributed by atoms with Gasteiger partial charge in [0, 0.05) is 6.54 Å². The summed E-state index contributed by atoms with van der Waals surface area (Å²) in [5, 5.41) is 3.05. The van der Waals surface area contributed by atoms with Crippen LogP contribution < -0.4 is 11.1 Å². The number of nitrogens with one attached hydrogen (secondary N) is 1. The van der Waals surface area contributed by atoms with Crippen LogP contribution in [0.4, 0.5) is 10.2 Å². The van der Waals surface area contributed by atoms with Crippen LogP contribution in [-0.2, 0) is 6.54 Å². The van der Waals surface area contributed by atoms with Crippen LogP contribution in [0.15, 0.2) is 30.6 Å². The van der Waals surface area contributed by atoms with Crippen LogP contribution in [0, 0.1) is 12.7 Å². The number of aromatic nitrogens is 2. The molecule has 5 heteroatoms. The molecule has 0 amide bonds. The first-order valence-corrected chi connectivity index (χ1v) is 6.14. The Morgan fingerprint density at radius 1 is 1.26 bits per heavy atom. The number of nitrogens with two attached hydrogens (primary N) is 1. The summed E-state index contributed by atoms with van der Waals surface area (Å²) in [6.07, 6.45) is 1.35. The molecule has 0 radical (unpaired) electrons. The minimum absolute atomic E-state index is 0.0457. The molecule has 1 atom stereocenters. The fourth-order valence-corrected chi connectivity index (χ4v) is 1.79. The zero-order chi connectivity index (χ0) is 13.8. The van der Waals surface area contributed by atoms with Crippen molar-refractivity contribution in [1.82, 2.24) is 9.97 Å². The van der Waals surface area contributed by atoms with Gasteiger partial charge in [0.15, 0.2) is 11.6 Å². The van der Waals surface area contributed by atoms with Crippen LogP contribution in [0.2, 0.25) is 0 Å². The highest BCUT2D eigenvalue weighted by Crippen LogP contribution is 2.20. The first-order chi connectivity index (χ1) is 9.11. The third kappa shape index (κ3) is 3.06. The summed E-state index contributed by atoms with van der Waals surface area (Å²) in [7, 11) is 0. The van der Waals surface area contributed by atoms with Gasteiger partial charge in [0.1, 0.15) is 6.33 Å². The molecule has 3 N–H and O–H groups in total. The topological polar surface area (TPSA) is 63.8 Å². The molecule has 0 fully saturated rings. The third-order valence-corrected chi connectivity index (χ3v) is 3.03. The van der Waals surface area contributed by atoms with E-state index >= 15 is 0 Å². The molecule has 0 aliphatic heterocycles. The van der Waals surface area contributed by atoms with Crippen LogP contribution in [0.1, 0.15) is 29.8 Å². The maximum Gasteiger partial charge on any atom is 0.186 e. The zero-order valence-electron chi connectivity index (χ0n) is 11.0. The van der Waals surface area contributed by atoms with E-state index in [1.165, 1.54) is 6.33 Å². The molecule has 2 aromatic rings. The number of nitrogens with zero attached hydrogens (tertiary/aromatic N) is 2. The summed E-state index contributed by atoms with van der Waals surface area (Å²) >= 11 is 0. The van der Waals surface area contributed by atoms with Crippen LogP contribution in [0.3, 0.4) is 0 Å². The van der Waals surface area contributed by atoms with E-state index in [9.17, 15) is 4.39 Å². The van der Waals surface area contributed by atoms with Crippen LogP contribution >= 0.6 is 0 Å². The first-order valence-electron chi connectivity index (χ1n) is 6.14. The molecule has 1 heterocycles. The maximum atomic E-state index is 13.8. The monoisotopic (exact) mass is 260 g/mol. The summed E-state index contributed by atoms with van der Waals surface area (Å²) in [5.74, 6) is -0.184. The van der Waals surface area contributed by atoms with Crippen LogP contribution in [-0.4, -0.2) is 9.97 Å². The van der Waals surface area contributed by atoms with E-state index in [1.54, 1.807) is 6.92 Å². The van der Waals surface area contributed by atoms with Gasteiger partial charge in [-0.25, -0.2) is 14.4 Å². The average molecular weight is 260 g/mol. The summed E-state index contributed by atoms with van der Waals surface area (Å²) in [6.45, 7) is 4.08. The van der Waals surface area contributed by atoms with Crippen LogP contribution in [0.25, 0.3) is 0 Å². The van der Waals surface area contributed by atoms with Gasteiger partial charge in [-0.15, -0.1) is 0 Å². The van der Waals surface area contributed by atoms with Crippen LogP contribution in [0.5, 0.6) is 0 Å². The van der Waals surface area contributed by atoms with Gasteiger partial charge in [-0.05, 0) is 25.0 Å². The molecule has 100 valence electrons. The molecule has 0 spiro atoms. The lowest BCUT2D eigenvalue weighted by atomic mass is 10.1. The molecule has 19 heavy (non-hydrogen) atoms. The lowest BCUT2D eigenvalue weighted by Crippen LogP contribution is -2.11. The van der Waals surface area contributed by atoms with Crippen molar-refractivity contribution in [3.05, 3.63) is 53.2 Å². The molecule has 0 saturated heterocycles. The third-order valence-electron chi connectivity index (χ3n) is 3.03. The molecule has 1 unspecified atom stereocenters. The molecule has 0 saturated carbocycles. The predicted molar refractivity (Wildman–Crippen MR) is 73.1 cm³/mol. The number of anilines is 1. The van der Waals surface area contributed by atoms with E-state index in [-0.39, 0.29) is 11.9 Å². The van der Waals surface area contributed by atoms with Crippen molar-refractivity contribution in [1.29, 1.82) is 0 Å². The molecule has 0 bridgehead atoms. The Morgan fingerprint density at radius 2 is 1.95 bits per heavy atom. The van der Waals surface area contributed by atoms with E-state index in [1.807, 2.05) is 31.2 Å². The fourth-order valence-electron chi connectivity index (χ4n) is 1.79. The van der Waals surface area contributed by atoms with Crippen molar-refractivity contribution in [3.8, 4) is 0 Å². The summed E-state index contributed by atoms with van der Waals surface area (Å²) in [6, 6.07) is 7.84. The number of hydrogen-bond donors (Lipinski definition) is 2. The van der Waals surface area contributed by atoms with Gasteiger partial charge in [0.25, 0.3) is 0 Å². The molecule has 1 aromatic carbocycles. The van der Waals surface area contributed by atoms with Crippen molar-refractivity contribution in [3.63, 3.8) is 0 Å². The molecular formula is C14H17FN4. The number of halogens is 1. The lowest BCUT2D eigenvalue weighted by molar-refractivity contribution is 0.602. The van der Waals surface area contributed by atoms with Gasteiger partial charge in [-0.2, -0.15) is 0 Å². The smallest absolute Gasteiger partial charge is 0.186 e. The van der Waals surface area contributed by atoms with Crippen molar-refractivity contribution in [2.75, 3.05) is 5.32 Å². The van der Waals surface area contributed by atoms with Gasteiger partial charge in [-0.3, -0.25) is 0 Å². The Balaban J connectivity index is 2.15. The standard InChI is InChI=1S/C14H17FN4/c1-9(12-5-3-11(7-16)4-6-12)19-14-13(15)10(2)17-8-18-14/h3-6,8-9H,7,16H2,1-2H3,(H,17,18,19). The number of rotatable bonds is 4. The normalized spacial score (nSPS) is 12.2. The van der Waals surface area contributed by atoms with Gasteiger partial charge >= 0.3 is 0 Å². The van der Waals surface area contributed by atoms with E-state index < -0.39 is 5.82 Å². The van der Waals surface area contributed by atoms with E-state index in [0.717, 1.165) is 11.1 Å². The molecule has 0 aliphatic rings. The fraction of sp³-hybridized carbons (Fsp3) is 0.286. The van der Waals surface area contributed by atoms with Gasteiger partial charge in [0.2, 0.25) is 0 Å². The Hall–Kier alpha value is -2.01. The highest BCUT2D eigenvalue weighted by Gasteiger charge is 2.11. The largest absolute Gasteiger partial charge is 0.361 e. The second-order valence-electron chi connectivity index (χ2n) is 4.43. The van der Waals surface area contributed by atoms with Gasteiger partial charge in [0.05, 0.1) is 11.7 Å². The summed E-state index contributed by atoms with van der Waals surface area (Å²) in [4.78, 5) is 7.72. The Labute approximate surface area is 111 Å². The van der Waals surface area contributed by atoms with Crippen molar-refractivity contribution in [2.45, 2.75) is 26.4 Å². The molecular weight excluding hydrogens is 243 g/mol. The highest BCUT2D eigenvalue weighted by atomic mass is 19.1. The summed E-state index contributed by atoms with van der Waals surface area (Å²) in [5.41, 5.74) is 8.01. The molecule has 0 aliphatic carbocycles. The quantitative estimate of drug-likeness (QED) is 0.886. The SMILES string of the molecule is Cc1ncnc(NC(C)c2ccc(CN)cc2)c1F. The minimum Gasteiger partial charge on any atom is -0.361 e. The van der Waals surface area contributed by atoms with E-state index in [2.05, 4.69) is 15.3 Å². The number of benzene rings is 1. The van der Waals surface area contributed by atoms with Gasteiger partial charge < -0.3 is 11.1 Å². The predicted octanol–water partition coefficient (Wildman–Crippen LogP) is 2.56. The van der Waals surface area contributed by atoms with Crippen molar-refractivity contribution < 1.29 is 4.39 Å². The zero-order valence-corrected chi connectivity index (χ0v) is 11.0. The Kier molecular flexibility index (Phi) is 4.06. The minimum atomic E-state index is -0.409. The Bertz CT molecular complexity index is 554. The number of aryl methyl sites for hydroxylation is 1. The molecule has 2 rings (SSSR count). The second-order valence-corrected chi connectivity index (χ2v) is 4.43.